The Morgan fingerprint density at radius 1 is 0.909 bits per heavy atom. The van der Waals surface area contributed by atoms with Crippen LogP contribution < -0.4 is 18.6 Å². The van der Waals surface area contributed by atoms with E-state index in [0.717, 1.165) is 0 Å². The first-order chi connectivity index (χ1) is 4.83. The van der Waals surface area contributed by atoms with E-state index in [2.05, 4.69) is 7.47 Å². The van der Waals surface area contributed by atoms with E-state index in [0.29, 0.717) is 0 Å². The first kappa shape index (κ1) is 11.3. The highest BCUT2D eigenvalue weighted by Gasteiger charge is 2.38. The van der Waals surface area contributed by atoms with E-state index in [4.69, 9.17) is 0 Å². The molecule has 0 saturated carbocycles. The molecule has 0 aromatic heterocycles. The van der Waals surface area contributed by atoms with E-state index in [9.17, 15) is 27.1 Å². The zero-order valence-corrected chi connectivity index (χ0v) is 6.76. The Bertz CT molecular complexity index is 174. The van der Waals surface area contributed by atoms with Gasteiger partial charge in [-0.3, -0.25) is 0 Å². The number of hydrogen-bond acceptors (Lipinski definition) is 8. The summed E-state index contributed by atoms with van der Waals surface area (Å²) in [5, 5.41) is 0. The van der Waals surface area contributed by atoms with Gasteiger partial charge in [0.05, 0.1) is 0 Å². The van der Waals surface area contributed by atoms with Crippen molar-refractivity contribution >= 4 is 10.4 Å². The molecule has 0 amide bonds. The molecule has 11 heteroatoms. The Morgan fingerprint density at radius 3 is 1.36 bits per heavy atom. The lowest BCUT2D eigenvalue weighted by molar-refractivity contribution is -1.63. The fourth-order valence-electron chi connectivity index (χ4n) is 0.136. The predicted molar refractivity (Wildman–Crippen MR) is 11.1 cm³/mol. The lowest BCUT2D eigenvalue weighted by Crippen LogP contribution is -2.41. The van der Waals surface area contributed by atoms with Crippen molar-refractivity contribution in [3.63, 3.8) is 0 Å². The lowest BCUT2D eigenvalue weighted by Gasteiger charge is -1.90. The molecule has 68 valence electrons. The summed E-state index contributed by atoms with van der Waals surface area (Å²) in [5.41, 5.74) is 0. The summed E-state index contributed by atoms with van der Waals surface area (Å²) in [6.45, 7) is 0. The number of rotatable bonds is 4. The van der Waals surface area contributed by atoms with Gasteiger partial charge in [0.25, 0.3) is 0 Å². The lowest BCUT2D eigenvalue weighted by atomic mass is 15.8. The molecule has 0 spiro atoms. The van der Waals surface area contributed by atoms with Crippen molar-refractivity contribution in [2.75, 3.05) is 0 Å². The van der Waals surface area contributed by atoms with E-state index in [1.807, 2.05) is 0 Å². The van der Waals surface area contributed by atoms with Gasteiger partial charge in [0.2, 0.25) is 0 Å². The van der Waals surface area contributed by atoms with Crippen LogP contribution >= 0.6 is 0 Å². The van der Waals surface area contributed by atoms with Gasteiger partial charge in [-0.2, -0.15) is 8.42 Å². The van der Waals surface area contributed by atoms with Gasteiger partial charge >= 0.3 is 32.0 Å². The summed E-state index contributed by atoms with van der Waals surface area (Å²) < 4.78 is 63.8. The van der Waals surface area contributed by atoms with E-state index in [-0.39, 0.29) is 0 Å². The highest BCUT2D eigenvalue weighted by molar-refractivity contribution is 7.81. The second-order valence-electron chi connectivity index (χ2n) is 0.912. The molecular formula is Cl2O8S. The fourth-order valence-corrected chi connectivity index (χ4v) is 1.40. The Kier molecular flexibility index (Phi) is 4.46. The summed E-state index contributed by atoms with van der Waals surface area (Å²) in [5.74, 6) is 0. The maximum atomic E-state index is 10.0. The van der Waals surface area contributed by atoms with E-state index in [1.165, 1.54) is 0 Å². The standard InChI is InChI=1S/Cl2O8S/c3-1(4)9-11(7,8)10-2(5)6. The Balaban J connectivity index is 4.03. The van der Waals surface area contributed by atoms with E-state index >= 15 is 0 Å². The van der Waals surface area contributed by atoms with Crippen molar-refractivity contribution < 1.29 is 56.1 Å². The molecule has 0 aliphatic heterocycles. The Hall–Kier alpha value is 0.290. The second kappa shape index (κ2) is 4.35. The quantitative estimate of drug-likeness (QED) is 0.465. The Morgan fingerprint density at radius 2 is 1.18 bits per heavy atom. The third-order valence-corrected chi connectivity index (χ3v) is 2.31. The molecule has 0 radical (unpaired) electrons. The molecule has 0 saturated heterocycles. The molecule has 0 aromatic carbocycles. The smallest absolute Gasteiger partial charge is 0.319 e. The van der Waals surface area contributed by atoms with Crippen molar-refractivity contribution in [1.29, 1.82) is 0 Å². The Labute approximate surface area is 67.1 Å². The van der Waals surface area contributed by atoms with Crippen LogP contribution in [0.5, 0.6) is 0 Å². The zero-order valence-electron chi connectivity index (χ0n) is 4.43. The zero-order chi connectivity index (χ0) is 9.07. The van der Waals surface area contributed by atoms with Crippen LogP contribution in [-0.2, 0) is 17.9 Å². The summed E-state index contributed by atoms with van der Waals surface area (Å²) in [4.78, 5) is 0. The minimum Gasteiger partial charge on any atom is -0.319 e. The molecule has 0 aliphatic carbocycles. The van der Waals surface area contributed by atoms with Crippen molar-refractivity contribution in [3.8, 4) is 0 Å². The van der Waals surface area contributed by atoms with Crippen LogP contribution in [0.3, 0.4) is 0 Å². The van der Waals surface area contributed by atoms with Crippen molar-refractivity contribution in [2.24, 2.45) is 0 Å². The van der Waals surface area contributed by atoms with E-state index in [1.54, 1.807) is 0 Å². The summed E-state index contributed by atoms with van der Waals surface area (Å²) in [7, 11) is -11.2. The topological polar surface area (TPSA) is 145 Å². The molecule has 8 nitrogen and oxygen atoms in total. The maximum absolute atomic E-state index is 10.0. The minimum atomic E-state index is -5.04. The predicted octanol–water partition coefficient (Wildman–Crippen LogP) is -5.56. The van der Waals surface area contributed by atoms with Gasteiger partial charge in [0.1, 0.15) is 0 Å². The van der Waals surface area contributed by atoms with Crippen LogP contribution in [0.4, 0.5) is 0 Å². The van der Waals surface area contributed by atoms with Crippen LogP contribution in [0.15, 0.2) is 0 Å². The molecule has 0 atom stereocenters. The average Bonchev–Trinajstić information content (AvgIpc) is 1.53. The molecule has 0 aromatic rings. The summed E-state index contributed by atoms with van der Waals surface area (Å²) >= 11 is 0. The molecular weight excluding hydrogens is 231 g/mol. The van der Waals surface area contributed by atoms with Crippen molar-refractivity contribution in [2.45, 2.75) is 0 Å². The highest BCUT2D eigenvalue weighted by atomic mass is 35.6. The van der Waals surface area contributed by atoms with Crippen LogP contribution in [-0.4, -0.2) is 8.42 Å². The molecule has 0 fully saturated rings. The highest BCUT2D eigenvalue weighted by Crippen LogP contribution is 1.98. The van der Waals surface area contributed by atoms with Crippen LogP contribution in [0.1, 0.15) is 0 Å². The van der Waals surface area contributed by atoms with Gasteiger partial charge in [0.15, 0.2) is 7.47 Å². The van der Waals surface area contributed by atoms with Crippen LogP contribution in [0, 0.1) is 21.6 Å². The summed E-state index contributed by atoms with van der Waals surface area (Å²) in [6, 6.07) is 0. The molecule has 0 aliphatic rings. The summed E-state index contributed by atoms with van der Waals surface area (Å²) in [6.07, 6.45) is 0. The molecule has 0 rings (SSSR count). The SMILES string of the molecule is O=S(=O)(O[Cl+2]([O-])[O-])O[Cl+2]([O-])[O-]. The minimum absolute atomic E-state index is 2.98. The normalized spacial score (nSPS) is 12.9. The fraction of sp³-hybridized carbons (Fsp3) is 0. The molecule has 0 heterocycles. The van der Waals surface area contributed by atoms with Gasteiger partial charge < -0.3 is 18.6 Å². The average molecular weight is 231 g/mol. The van der Waals surface area contributed by atoms with Gasteiger partial charge in [-0.25, -0.2) is 0 Å². The first-order valence-corrected chi connectivity index (χ1v) is 4.78. The van der Waals surface area contributed by atoms with E-state index < -0.39 is 32.0 Å². The second-order valence-corrected chi connectivity index (χ2v) is 3.49. The van der Waals surface area contributed by atoms with Crippen LogP contribution in [0.2, 0.25) is 0 Å². The molecule has 0 unspecified atom stereocenters. The van der Waals surface area contributed by atoms with Crippen molar-refractivity contribution in [3.05, 3.63) is 0 Å². The third kappa shape index (κ3) is 6.68. The van der Waals surface area contributed by atoms with Gasteiger partial charge in [-0.1, -0.05) is 0 Å². The largest absolute Gasteiger partial charge is 0.590 e. The van der Waals surface area contributed by atoms with Crippen LogP contribution in [0.25, 0.3) is 0 Å². The number of halogens is 2. The molecule has 11 heavy (non-hydrogen) atoms. The monoisotopic (exact) mass is 230 g/mol. The van der Waals surface area contributed by atoms with Crippen molar-refractivity contribution in [1.82, 2.24) is 0 Å². The third-order valence-electron chi connectivity index (χ3n) is 0.257. The first-order valence-electron chi connectivity index (χ1n) is 1.59. The molecule has 0 bridgehead atoms. The maximum Gasteiger partial charge on any atom is 0.590 e. The van der Waals surface area contributed by atoms with Gasteiger partial charge in [-0.15, -0.1) is 0 Å². The van der Waals surface area contributed by atoms with Gasteiger partial charge in [-0.05, 0) is 0 Å². The number of hydrogen-bond donors (Lipinski definition) is 0. The molecule has 0 N–H and O–H groups in total. The van der Waals surface area contributed by atoms with Gasteiger partial charge in [0, 0.05) is 0 Å².